The molecule has 2 fully saturated rings. The predicted octanol–water partition coefficient (Wildman–Crippen LogP) is 1.52. The Labute approximate surface area is 86.1 Å². The molecule has 0 saturated carbocycles. The second kappa shape index (κ2) is 5.08. The summed E-state index contributed by atoms with van der Waals surface area (Å²) >= 11 is 0. The molecule has 0 spiro atoms. The van der Waals surface area contributed by atoms with Crippen LogP contribution in [0.25, 0.3) is 0 Å². The molecule has 14 heavy (non-hydrogen) atoms. The van der Waals surface area contributed by atoms with Crippen LogP contribution >= 0.6 is 0 Å². The molecule has 2 heterocycles. The number of rotatable bonds is 3. The van der Waals surface area contributed by atoms with Crippen molar-refractivity contribution in [2.75, 3.05) is 39.3 Å². The third-order valence-electron chi connectivity index (χ3n) is 3.40. The van der Waals surface area contributed by atoms with Crippen molar-refractivity contribution >= 4 is 0 Å². The maximum absolute atomic E-state index is 12.9. The maximum atomic E-state index is 12.9. The van der Waals surface area contributed by atoms with Crippen molar-refractivity contribution in [3.05, 3.63) is 0 Å². The van der Waals surface area contributed by atoms with Gasteiger partial charge in [-0.25, -0.2) is 4.39 Å². The standard InChI is InChI=1S/C11H21FN2/c12-11-4-7-14(10-11)9-8-13-5-2-1-3-6-13/h11H,1-10H2/t11-/m1/s1. The van der Waals surface area contributed by atoms with Gasteiger partial charge in [-0.1, -0.05) is 6.42 Å². The Balaban J connectivity index is 1.61. The summed E-state index contributed by atoms with van der Waals surface area (Å²) in [6, 6.07) is 0. The lowest BCUT2D eigenvalue weighted by Crippen LogP contribution is -2.37. The summed E-state index contributed by atoms with van der Waals surface area (Å²) in [5, 5.41) is 0. The minimum atomic E-state index is -0.559. The van der Waals surface area contributed by atoms with Gasteiger partial charge in [-0.3, -0.25) is 4.90 Å². The summed E-state index contributed by atoms with van der Waals surface area (Å²) in [5.74, 6) is 0. The molecule has 0 amide bonds. The van der Waals surface area contributed by atoms with Crippen LogP contribution < -0.4 is 0 Å². The molecular formula is C11H21FN2. The van der Waals surface area contributed by atoms with Gasteiger partial charge in [0.15, 0.2) is 0 Å². The van der Waals surface area contributed by atoms with E-state index in [4.69, 9.17) is 0 Å². The predicted molar refractivity (Wildman–Crippen MR) is 56.2 cm³/mol. The van der Waals surface area contributed by atoms with Gasteiger partial charge in [0.05, 0.1) is 0 Å². The van der Waals surface area contributed by atoms with Crippen LogP contribution in [0.2, 0.25) is 0 Å². The first-order valence-electron chi connectivity index (χ1n) is 5.93. The molecule has 0 radical (unpaired) electrons. The summed E-state index contributed by atoms with van der Waals surface area (Å²) < 4.78 is 12.9. The molecule has 0 aromatic rings. The van der Waals surface area contributed by atoms with E-state index in [1.165, 1.54) is 32.4 Å². The fourth-order valence-electron chi connectivity index (χ4n) is 2.45. The average molecular weight is 200 g/mol. The zero-order chi connectivity index (χ0) is 9.80. The highest BCUT2D eigenvalue weighted by molar-refractivity contribution is 4.76. The van der Waals surface area contributed by atoms with Crippen molar-refractivity contribution in [2.45, 2.75) is 31.9 Å². The van der Waals surface area contributed by atoms with Gasteiger partial charge in [0.25, 0.3) is 0 Å². The van der Waals surface area contributed by atoms with E-state index in [0.717, 1.165) is 26.1 Å². The molecule has 2 aliphatic rings. The molecular weight excluding hydrogens is 179 g/mol. The highest BCUT2D eigenvalue weighted by Crippen LogP contribution is 2.13. The van der Waals surface area contributed by atoms with Crippen LogP contribution in [0.5, 0.6) is 0 Å². The molecule has 0 N–H and O–H groups in total. The second-order valence-corrected chi connectivity index (χ2v) is 4.59. The summed E-state index contributed by atoms with van der Waals surface area (Å²) in [6.07, 6.45) is 4.29. The molecule has 0 unspecified atom stereocenters. The van der Waals surface area contributed by atoms with Crippen molar-refractivity contribution in [1.82, 2.24) is 9.80 Å². The van der Waals surface area contributed by atoms with E-state index in [0.29, 0.717) is 6.54 Å². The van der Waals surface area contributed by atoms with Gasteiger partial charge < -0.3 is 4.90 Å². The lowest BCUT2D eigenvalue weighted by molar-refractivity contribution is 0.191. The molecule has 3 heteroatoms. The van der Waals surface area contributed by atoms with Crippen LogP contribution in [0.4, 0.5) is 4.39 Å². The van der Waals surface area contributed by atoms with Crippen molar-refractivity contribution in [3.63, 3.8) is 0 Å². The van der Waals surface area contributed by atoms with Gasteiger partial charge in [-0.15, -0.1) is 0 Å². The number of likely N-dealkylation sites (tertiary alicyclic amines) is 2. The first kappa shape index (κ1) is 10.4. The Kier molecular flexibility index (Phi) is 3.76. The van der Waals surface area contributed by atoms with E-state index in [-0.39, 0.29) is 0 Å². The lowest BCUT2D eigenvalue weighted by atomic mass is 10.1. The SMILES string of the molecule is F[C@@H]1CCN(CCN2CCCCC2)C1. The molecule has 2 saturated heterocycles. The van der Waals surface area contributed by atoms with Gasteiger partial charge in [0.1, 0.15) is 6.17 Å². The number of nitrogens with zero attached hydrogens (tertiary/aromatic N) is 2. The summed E-state index contributed by atoms with van der Waals surface area (Å²) in [7, 11) is 0. The third-order valence-corrected chi connectivity index (χ3v) is 3.40. The number of hydrogen-bond acceptors (Lipinski definition) is 2. The van der Waals surface area contributed by atoms with Crippen molar-refractivity contribution in [3.8, 4) is 0 Å². The zero-order valence-electron chi connectivity index (χ0n) is 8.92. The molecule has 2 rings (SSSR count). The van der Waals surface area contributed by atoms with Crippen LogP contribution in [-0.2, 0) is 0 Å². The Morgan fingerprint density at radius 1 is 0.929 bits per heavy atom. The van der Waals surface area contributed by atoms with Crippen molar-refractivity contribution < 1.29 is 4.39 Å². The molecule has 0 aromatic heterocycles. The van der Waals surface area contributed by atoms with Crippen LogP contribution in [-0.4, -0.2) is 55.2 Å². The highest BCUT2D eigenvalue weighted by Gasteiger charge is 2.21. The van der Waals surface area contributed by atoms with E-state index in [1.807, 2.05) is 0 Å². The minimum absolute atomic E-state index is 0.559. The van der Waals surface area contributed by atoms with E-state index in [2.05, 4.69) is 9.80 Å². The Hall–Kier alpha value is -0.150. The monoisotopic (exact) mass is 200 g/mol. The molecule has 2 nitrogen and oxygen atoms in total. The molecule has 0 aromatic carbocycles. The first-order valence-corrected chi connectivity index (χ1v) is 5.93. The topological polar surface area (TPSA) is 6.48 Å². The number of halogens is 1. The summed E-state index contributed by atoms with van der Waals surface area (Å²) in [4.78, 5) is 4.79. The van der Waals surface area contributed by atoms with Crippen LogP contribution in [0.1, 0.15) is 25.7 Å². The van der Waals surface area contributed by atoms with Crippen molar-refractivity contribution in [2.24, 2.45) is 0 Å². The maximum Gasteiger partial charge on any atom is 0.114 e. The summed E-state index contributed by atoms with van der Waals surface area (Å²) in [6.45, 7) is 6.37. The Morgan fingerprint density at radius 2 is 1.64 bits per heavy atom. The Bertz CT molecular complexity index is 164. The smallest absolute Gasteiger partial charge is 0.114 e. The van der Waals surface area contributed by atoms with E-state index in [9.17, 15) is 4.39 Å². The van der Waals surface area contributed by atoms with E-state index >= 15 is 0 Å². The second-order valence-electron chi connectivity index (χ2n) is 4.59. The molecule has 0 aliphatic carbocycles. The molecule has 2 aliphatic heterocycles. The fourth-order valence-corrected chi connectivity index (χ4v) is 2.45. The van der Waals surface area contributed by atoms with Crippen LogP contribution in [0, 0.1) is 0 Å². The summed E-state index contributed by atoms with van der Waals surface area (Å²) in [5.41, 5.74) is 0. The van der Waals surface area contributed by atoms with Crippen molar-refractivity contribution in [1.29, 1.82) is 0 Å². The third kappa shape index (κ3) is 2.92. The highest BCUT2D eigenvalue weighted by atomic mass is 19.1. The number of alkyl halides is 1. The quantitative estimate of drug-likeness (QED) is 0.681. The van der Waals surface area contributed by atoms with E-state index in [1.54, 1.807) is 0 Å². The number of hydrogen-bond donors (Lipinski definition) is 0. The van der Waals surface area contributed by atoms with E-state index < -0.39 is 6.17 Å². The lowest BCUT2D eigenvalue weighted by Gasteiger charge is -2.28. The largest absolute Gasteiger partial charge is 0.302 e. The normalized spacial score (nSPS) is 31.1. The molecule has 0 bridgehead atoms. The van der Waals surface area contributed by atoms with Crippen LogP contribution in [0.15, 0.2) is 0 Å². The number of piperidine rings is 1. The zero-order valence-corrected chi connectivity index (χ0v) is 8.92. The van der Waals surface area contributed by atoms with Crippen LogP contribution in [0.3, 0.4) is 0 Å². The molecule has 82 valence electrons. The van der Waals surface area contributed by atoms with Gasteiger partial charge >= 0.3 is 0 Å². The fraction of sp³-hybridized carbons (Fsp3) is 1.00. The molecule has 1 atom stereocenters. The first-order chi connectivity index (χ1) is 6.84. The van der Waals surface area contributed by atoms with Gasteiger partial charge in [0, 0.05) is 26.2 Å². The average Bonchev–Trinajstić information content (AvgIpc) is 2.63. The van der Waals surface area contributed by atoms with Gasteiger partial charge in [-0.05, 0) is 32.4 Å². The Morgan fingerprint density at radius 3 is 2.29 bits per heavy atom. The van der Waals surface area contributed by atoms with Gasteiger partial charge in [0.2, 0.25) is 0 Å². The van der Waals surface area contributed by atoms with Gasteiger partial charge in [-0.2, -0.15) is 0 Å². The minimum Gasteiger partial charge on any atom is -0.302 e.